The Balaban J connectivity index is 3.50. The Hall–Kier alpha value is -0.890. The molecule has 21 heavy (non-hydrogen) atoms. The number of sulfonamides is 1. The number of aliphatic carboxylic acids is 1. The van der Waals surface area contributed by atoms with E-state index in [1.807, 2.05) is 0 Å². The van der Waals surface area contributed by atoms with E-state index >= 15 is 0 Å². The summed E-state index contributed by atoms with van der Waals surface area (Å²) in [6.07, 6.45) is 0. The summed E-state index contributed by atoms with van der Waals surface area (Å²) in [4.78, 5) is 10.4. The summed E-state index contributed by atoms with van der Waals surface area (Å²) in [5.74, 6) is -2.40. The van der Waals surface area contributed by atoms with E-state index in [2.05, 4.69) is 0 Å². The predicted octanol–water partition coefficient (Wildman–Crippen LogP) is 3.01. The highest BCUT2D eigenvalue weighted by Crippen LogP contribution is 2.33. The summed E-state index contributed by atoms with van der Waals surface area (Å²) in [6, 6.07) is 2.10. The number of carbonyl (C=O) groups is 1. The van der Waals surface area contributed by atoms with E-state index in [9.17, 15) is 17.6 Å². The molecule has 5 nitrogen and oxygen atoms in total. The van der Waals surface area contributed by atoms with E-state index in [4.69, 9.17) is 28.3 Å². The molecule has 1 aromatic carbocycles. The lowest BCUT2D eigenvalue weighted by molar-refractivity contribution is -0.138. The minimum Gasteiger partial charge on any atom is -0.480 e. The third-order valence-corrected chi connectivity index (χ3v) is 5.52. The second-order valence-electron chi connectivity index (χ2n) is 5.25. The van der Waals surface area contributed by atoms with Crippen molar-refractivity contribution in [3.05, 3.63) is 28.0 Å². The van der Waals surface area contributed by atoms with Crippen LogP contribution >= 0.6 is 23.2 Å². The molecule has 0 aliphatic carbocycles. The molecule has 0 fully saturated rings. The van der Waals surface area contributed by atoms with Gasteiger partial charge in [-0.1, -0.05) is 23.2 Å². The van der Waals surface area contributed by atoms with Gasteiger partial charge in [-0.15, -0.1) is 0 Å². The van der Waals surface area contributed by atoms with Crippen LogP contribution in [0.3, 0.4) is 0 Å². The van der Waals surface area contributed by atoms with Gasteiger partial charge in [0.1, 0.15) is 11.4 Å². The standard InChI is InChI=1S/C12H14Cl2FNO4S/c1-12(2,3)16(6-9(17)18)21(19,20)8-5-4-7(13)11(15)10(8)14/h4-5H,6H2,1-3H3,(H,17,18). The lowest BCUT2D eigenvalue weighted by Gasteiger charge is -2.33. The second-order valence-corrected chi connectivity index (χ2v) is 7.87. The molecule has 0 atom stereocenters. The van der Waals surface area contributed by atoms with Gasteiger partial charge in [0, 0.05) is 5.54 Å². The molecule has 0 bridgehead atoms. The van der Waals surface area contributed by atoms with E-state index < -0.39 is 43.8 Å². The highest BCUT2D eigenvalue weighted by Gasteiger charge is 2.37. The number of halogens is 3. The Kier molecular flexibility index (Phi) is 5.26. The largest absolute Gasteiger partial charge is 0.480 e. The van der Waals surface area contributed by atoms with Crippen LogP contribution in [-0.2, 0) is 14.8 Å². The number of benzene rings is 1. The van der Waals surface area contributed by atoms with Crippen LogP contribution in [0.2, 0.25) is 10.0 Å². The summed E-state index contributed by atoms with van der Waals surface area (Å²) < 4.78 is 39.5. The summed E-state index contributed by atoms with van der Waals surface area (Å²) in [7, 11) is -4.30. The quantitative estimate of drug-likeness (QED) is 0.840. The molecule has 0 amide bonds. The van der Waals surface area contributed by atoms with Gasteiger partial charge in [0.15, 0.2) is 5.82 Å². The van der Waals surface area contributed by atoms with Crippen molar-refractivity contribution in [1.82, 2.24) is 4.31 Å². The van der Waals surface area contributed by atoms with Gasteiger partial charge in [-0.2, -0.15) is 4.31 Å². The zero-order chi connectivity index (χ0) is 16.6. The second kappa shape index (κ2) is 6.08. The molecule has 0 saturated heterocycles. The summed E-state index contributed by atoms with van der Waals surface area (Å²) in [5.41, 5.74) is -1.03. The fourth-order valence-corrected chi connectivity index (χ4v) is 4.09. The Bertz CT molecular complexity index is 671. The van der Waals surface area contributed by atoms with Crippen molar-refractivity contribution >= 4 is 39.2 Å². The number of carboxylic acids is 1. The maximum Gasteiger partial charge on any atom is 0.318 e. The van der Waals surface area contributed by atoms with Crippen molar-refractivity contribution < 1.29 is 22.7 Å². The zero-order valence-electron chi connectivity index (χ0n) is 11.5. The monoisotopic (exact) mass is 357 g/mol. The van der Waals surface area contributed by atoms with E-state index in [0.717, 1.165) is 16.4 Å². The van der Waals surface area contributed by atoms with Crippen molar-refractivity contribution in [3.8, 4) is 0 Å². The maximum atomic E-state index is 13.7. The Morgan fingerprint density at radius 1 is 1.33 bits per heavy atom. The highest BCUT2D eigenvalue weighted by molar-refractivity contribution is 7.89. The first-order valence-electron chi connectivity index (χ1n) is 5.77. The van der Waals surface area contributed by atoms with Gasteiger partial charge in [-0.05, 0) is 32.9 Å². The van der Waals surface area contributed by atoms with Crippen molar-refractivity contribution in [3.63, 3.8) is 0 Å². The molecular weight excluding hydrogens is 344 g/mol. The fourth-order valence-electron chi connectivity index (χ4n) is 1.63. The van der Waals surface area contributed by atoms with Crippen LogP contribution in [0, 0.1) is 5.82 Å². The molecule has 0 unspecified atom stereocenters. The summed E-state index contributed by atoms with van der Waals surface area (Å²) in [6.45, 7) is 3.79. The number of rotatable bonds is 4. The van der Waals surface area contributed by atoms with Crippen LogP contribution in [0.25, 0.3) is 0 Å². The topological polar surface area (TPSA) is 74.7 Å². The molecule has 0 saturated carbocycles. The normalized spacial score (nSPS) is 12.7. The first-order valence-corrected chi connectivity index (χ1v) is 7.96. The van der Waals surface area contributed by atoms with Gasteiger partial charge >= 0.3 is 5.97 Å². The molecule has 1 aromatic rings. The van der Waals surface area contributed by atoms with Crippen molar-refractivity contribution in [2.45, 2.75) is 31.2 Å². The SMILES string of the molecule is CC(C)(C)N(CC(=O)O)S(=O)(=O)c1ccc(Cl)c(F)c1Cl. The minimum absolute atomic E-state index is 0.320. The summed E-state index contributed by atoms with van der Waals surface area (Å²) in [5, 5.41) is 7.91. The Labute approximate surface area is 132 Å². The molecule has 1 rings (SSSR count). The van der Waals surface area contributed by atoms with Crippen LogP contribution in [-0.4, -0.2) is 35.9 Å². The van der Waals surface area contributed by atoms with Gasteiger partial charge < -0.3 is 5.11 Å². The van der Waals surface area contributed by atoms with Crippen molar-refractivity contribution in [1.29, 1.82) is 0 Å². The smallest absolute Gasteiger partial charge is 0.318 e. The predicted molar refractivity (Wildman–Crippen MR) is 77.7 cm³/mol. The Morgan fingerprint density at radius 3 is 2.29 bits per heavy atom. The molecule has 0 heterocycles. The maximum absolute atomic E-state index is 13.7. The van der Waals surface area contributed by atoms with Crippen LogP contribution < -0.4 is 0 Å². The number of hydrogen-bond acceptors (Lipinski definition) is 3. The van der Waals surface area contributed by atoms with Gasteiger partial charge in [-0.25, -0.2) is 12.8 Å². The molecule has 0 aliphatic rings. The van der Waals surface area contributed by atoms with Crippen molar-refractivity contribution in [2.24, 2.45) is 0 Å². The Morgan fingerprint density at radius 2 is 1.86 bits per heavy atom. The third-order valence-electron chi connectivity index (χ3n) is 2.59. The number of nitrogens with zero attached hydrogens (tertiary/aromatic N) is 1. The van der Waals surface area contributed by atoms with E-state index in [1.54, 1.807) is 0 Å². The van der Waals surface area contributed by atoms with E-state index in [0.29, 0.717) is 0 Å². The molecule has 9 heteroatoms. The van der Waals surface area contributed by atoms with E-state index in [-0.39, 0.29) is 5.02 Å². The van der Waals surface area contributed by atoms with Gasteiger partial charge in [0.2, 0.25) is 10.0 Å². The van der Waals surface area contributed by atoms with Gasteiger partial charge in [0.05, 0.1) is 10.0 Å². The first-order chi connectivity index (χ1) is 9.39. The number of hydrogen-bond donors (Lipinski definition) is 1. The highest BCUT2D eigenvalue weighted by atomic mass is 35.5. The fraction of sp³-hybridized carbons (Fsp3) is 0.417. The lowest BCUT2D eigenvalue weighted by Crippen LogP contribution is -2.48. The van der Waals surface area contributed by atoms with Crippen LogP contribution in [0.5, 0.6) is 0 Å². The molecule has 118 valence electrons. The number of carboxylic acid groups (broad SMARTS) is 1. The van der Waals surface area contributed by atoms with Crippen molar-refractivity contribution in [2.75, 3.05) is 6.54 Å². The summed E-state index contributed by atoms with van der Waals surface area (Å²) >= 11 is 11.2. The van der Waals surface area contributed by atoms with Crippen LogP contribution in [0.4, 0.5) is 4.39 Å². The lowest BCUT2D eigenvalue weighted by atomic mass is 10.1. The average Bonchev–Trinajstić information content (AvgIpc) is 2.31. The van der Waals surface area contributed by atoms with Gasteiger partial charge in [-0.3, -0.25) is 4.79 Å². The first kappa shape index (κ1) is 18.2. The third kappa shape index (κ3) is 3.85. The zero-order valence-corrected chi connectivity index (χ0v) is 13.9. The molecule has 0 radical (unpaired) electrons. The van der Waals surface area contributed by atoms with Crippen LogP contribution in [0.15, 0.2) is 17.0 Å². The van der Waals surface area contributed by atoms with Gasteiger partial charge in [0.25, 0.3) is 0 Å². The molecule has 0 aliphatic heterocycles. The average molecular weight is 358 g/mol. The molecule has 0 aromatic heterocycles. The molecular formula is C12H14Cl2FNO4S. The minimum atomic E-state index is -4.30. The van der Waals surface area contributed by atoms with Crippen LogP contribution in [0.1, 0.15) is 20.8 Å². The van der Waals surface area contributed by atoms with E-state index in [1.165, 1.54) is 20.8 Å². The molecule has 0 spiro atoms. The molecule has 1 N–H and O–H groups in total.